The number of H-pyrrole nitrogens is 1. The lowest BCUT2D eigenvalue weighted by atomic mass is 10.2. The van der Waals surface area contributed by atoms with Gasteiger partial charge in [0, 0.05) is 12.4 Å². The van der Waals surface area contributed by atoms with Crippen LogP contribution in [0.2, 0.25) is 0 Å². The first-order chi connectivity index (χ1) is 15.2. The zero-order chi connectivity index (χ0) is 21.5. The number of aliphatic imine (C=N–C) groups is 1. The lowest BCUT2D eigenvalue weighted by Crippen LogP contribution is -2.25. The third kappa shape index (κ3) is 4.67. The van der Waals surface area contributed by atoms with Crippen molar-refractivity contribution in [2.24, 2.45) is 4.99 Å². The molecule has 4 aromatic rings. The van der Waals surface area contributed by atoms with Crippen LogP contribution in [0.1, 0.15) is 11.8 Å². The van der Waals surface area contributed by atoms with Crippen molar-refractivity contribution < 1.29 is 13.2 Å². The summed E-state index contributed by atoms with van der Waals surface area (Å²) in [5.41, 5.74) is 2.42. The van der Waals surface area contributed by atoms with E-state index >= 15 is 0 Å². The molecule has 4 heterocycles. The van der Waals surface area contributed by atoms with E-state index in [0.29, 0.717) is 5.69 Å². The molecule has 0 radical (unpaired) electrons. The molecule has 0 amide bonds. The molecule has 5 rings (SSSR count). The average Bonchev–Trinajstić information content (AvgIpc) is 3.54. The highest BCUT2D eigenvalue weighted by atomic mass is 32.2. The Labute approximate surface area is 179 Å². The third-order valence-corrected chi connectivity index (χ3v) is 6.42. The van der Waals surface area contributed by atoms with Crippen LogP contribution in [0, 0.1) is 0 Å². The Balaban J connectivity index is 0.000000177. The molecule has 0 aliphatic carbocycles. The Bertz CT molecular complexity index is 1220. The molecule has 9 heteroatoms. The molecule has 1 aromatic carbocycles. The van der Waals surface area contributed by atoms with E-state index in [1.807, 2.05) is 18.2 Å². The second-order valence-corrected chi connectivity index (χ2v) is 8.54. The molecule has 1 aliphatic heterocycles. The highest BCUT2D eigenvalue weighted by Gasteiger charge is 2.40. The molecule has 3 aromatic heterocycles. The van der Waals surface area contributed by atoms with Gasteiger partial charge in [-0.1, -0.05) is 30.3 Å². The van der Waals surface area contributed by atoms with Crippen molar-refractivity contribution in [2.75, 3.05) is 0 Å². The van der Waals surface area contributed by atoms with Gasteiger partial charge in [-0.05, 0) is 36.4 Å². The van der Waals surface area contributed by atoms with E-state index in [2.05, 4.69) is 24.9 Å². The number of nitrogens with zero attached hydrogens (tertiary/aromatic N) is 4. The molecule has 0 fully saturated rings. The molecule has 2 unspecified atom stereocenters. The number of aromatic nitrogens is 4. The van der Waals surface area contributed by atoms with Crippen LogP contribution >= 0.6 is 0 Å². The number of imidazole rings is 1. The highest BCUT2D eigenvalue weighted by molar-refractivity contribution is 7.92. The molecule has 1 aliphatic rings. The summed E-state index contributed by atoms with van der Waals surface area (Å²) in [4.78, 5) is 19.4. The number of hydrogen-bond donors (Lipinski definition) is 1. The van der Waals surface area contributed by atoms with Crippen LogP contribution in [0.15, 0.2) is 102 Å². The van der Waals surface area contributed by atoms with Crippen LogP contribution in [0.3, 0.4) is 0 Å². The summed E-state index contributed by atoms with van der Waals surface area (Å²) in [6.45, 7) is 0. The minimum absolute atomic E-state index is 0.230. The van der Waals surface area contributed by atoms with Gasteiger partial charge in [0.25, 0.3) is 0 Å². The Kier molecular flexibility index (Phi) is 6.13. The van der Waals surface area contributed by atoms with Crippen molar-refractivity contribution in [1.29, 1.82) is 0 Å². The van der Waals surface area contributed by atoms with E-state index in [9.17, 15) is 8.42 Å². The van der Waals surface area contributed by atoms with E-state index in [0.717, 1.165) is 11.4 Å². The number of ether oxygens (including phenoxy) is 1. The van der Waals surface area contributed by atoms with Crippen molar-refractivity contribution in [1.82, 2.24) is 19.9 Å². The van der Waals surface area contributed by atoms with E-state index in [1.54, 1.807) is 73.4 Å². The second kappa shape index (κ2) is 9.31. The molecule has 8 nitrogen and oxygen atoms in total. The van der Waals surface area contributed by atoms with E-state index in [1.165, 1.54) is 6.40 Å². The largest absolute Gasteiger partial charge is 0.471 e. The smallest absolute Gasteiger partial charge is 0.205 e. The Hall–Kier alpha value is -3.85. The molecule has 0 saturated heterocycles. The Morgan fingerprint density at radius 1 is 0.871 bits per heavy atom. The van der Waals surface area contributed by atoms with Crippen molar-refractivity contribution >= 4 is 16.2 Å². The molecule has 0 bridgehead atoms. The molecule has 2 atom stereocenters. The molecule has 0 spiro atoms. The molecule has 31 heavy (non-hydrogen) atoms. The monoisotopic (exact) mass is 433 g/mol. The third-order valence-electron chi connectivity index (χ3n) is 4.48. The zero-order valence-electron chi connectivity index (χ0n) is 16.3. The summed E-state index contributed by atoms with van der Waals surface area (Å²) < 4.78 is 30.5. The number of benzene rings is 1. The number of nitrogens with one attached hydrogen (secondary N) is 1. The lowest BCUT2D eigenvalue weighted by Gasteiger charge is -2.17. The Morgan fingerprint density at radius 2 is 1.61 bits per heavy atom. The first-order valence-electron chi connectivity index (χ1n) is 9.43. The maximum atomic E-state index is 12.6. The Morgan fingerprint density at radius 3 is 2.26 bits per heavy atom. The maximum Gasteiger partial charge on any atom is 0.205 e. The number of aromatic amines is 1. The van der Waals surface area contributed by atoms with Gasteiger partial charge < -0.3 is 9.72 Å². The number of pyridine rings is 2. The topological polar surface area (TPSA) is 110 Å². The van der Waals surface area contributed by atoms with Crippen LogP contribution in [0.25, 0.3) is 11.4 Å². The summed E-state index contributed by atoms with van der Waals surface area (Å²) >= 11 is 0. The van der Waals surface area contributed by atoms with Crippen molar-refractivity contribution in [3.63, 3.8) is 0 Å². The molecule has 0 saturated carbocycles. The predicted molar refractivity (Wildman–Crippen MR) is 116 cm³/mol. The standard InChI is InChI=1S/C14H12N2O3S.C8H7N3/c17-20(18,11-6-2-1-3-7-11)14-13(19-10-16-14)12-8-4-5-9-15-12;1-2-4-10-7(3-1)8-5-9-6-11-8/h1-10,13-14H;1-6H,(H,9,11). The van der Waals surface area contributed by atoms with Crippen molar-refractivity contribution in [3.8, 4) is 11.4 Å². The highest BCUT2D eigenvalue weighted by Crippen LogP contribution is 2.32. The first-order valence-corrected chi connectivity index (χ1v) is 11.0. The number of rotatable bonds is 4. The van der Waals surface area contributed by atoms with Gasteiger partial charge >= 0.3 is 0 Å². The molecular formula is C22H19N5O3S. The molecule has 156 valence electrons. The van der Waals surface area contributed by atoms with Gasteiger partial charge in [0.05, 0.1) is 34.5 Å². The van der Waals surface area contributed by atoms with Crippen LogP contribution in [0.4, 0.5) is 0 Å². The van der Waals surface area contributed by atoms with E-state index in [-0.39, 0.29) is 4.90 Å². The molecule has 1 N–H and O–H groups in total. The first kappa shape index (κ1) is 20.4. The van der Waals surface area contributed by atoms with Crippen LogP contribution in [0.5, 0.6) is 0 Å². The lowest BCUT2D eigenvalue weighted by molar-refractivity contribution is 0.222. The normalized spacial score (nSPS) is 17.4. The summed E-state index contributed by atoms with van der Waals surface area (Å²) in [5, 5.41) is -1.00. The number of sulfone groups is 1. The van der Waals surface area contributed by atoms with Gasteiger partial charge in [0.1, 0.15) is 0 Å². The van der Waals surface area contributed by atoms with Gasteiger partial charge in [-0.2, -0.15) is 0 Å². The fourth-order valence-corrected chi connectivity index (χ4v) is 4.53. The van der Waals surface area contributed by atoms with Gasteiger partial charge in [-0.25, -0.2) is 18.4 Å². The minimum atomic E-state index is -3.60. The maximum absolute atomic E-state index is 12.6. The van der Waals surface area contributed by atoms with Crippen molar-refractivity contribution in [3.05, 3.63) is 97.3 Å². The minimum Gasteiger partial charge on any atom is -0.471 e. The van der Waals surface area contributed by atoms with Gasteiger partial charge in [-0.3, -0.25) is 9.97 Å². The summed E-state index contributed by atoms with van der Waals surface area (Å²) in [5.74, 6) is 0. The quantitative estimate of drug-likeness (QED) is 0.528. The average molecular weight is 433 g/mol. The fraction of sp³-hybridized carbons (Fsp3) is 0.0909. The van der Waals surface area contributed by atoms with Crippen LogP contribution < -0.4 is 0 Å². The molecular weight excluding hydrogens is 414 g/mol. The second-order valence-electron chi connectivity index (χ2n) is 6.49. The van der Waals surface area contributed by atoms with Gasteiger partial charge in [0.15, 0.2) is 12.5 Å². The van der Waals surface area contributed by atoms with Crippen molar-refractivity contribution in [2.45, 2.75) is 16.4 Å². The summed E-state index contributed by atoms with van der Waals surface area (Å²) in [6, 6.07) is 19.3. The van der Waals surface area contributed by atoms with Gasteiger partial charge in [-0.15, -0.1) is 0 Å². The zero-order valence-corrected chi connectivity index (χ0v) is 17.1. The SMILES string of the molecule is O=S(=O)(c1ccccc1)C1N=COC1c1ccccn1.c1ccc(-c2cnc[nH]2)nc1. The van der Waals surface area contributed by atoms with Crippen LogP contribution in [-0.2, 0) is 14.6 Å². The van der Waals surface area contributed by atoms with E-state index < -0.39 is 21.3 Å². The number of hydrogen-bond acceptors (Lipinski definition) is 7. The summed E-state index contributed by atoms with van der Waals surface area (Å²) in [7, 11) is -3.60. The fourth-order valence-electron chi connectivity index (χ4n) is 2.98. The summed E-state index contributed by atoms with van der Waals surface area (Å²) in [6.07, 6.45) is 7.23. The van der Waals surface area contributed by atoms with Crippen LogP contribution in [-0.4, -0.2) is 40.1 Å². The predicted octanol–water partition coefficient (Wildman–Crippen LogP) is 3.45. The van der Waals surface area contributed by atoms with Gasteiger partial charge in [0.2, 0.25) is 15.2 Å². The van der Waals surface area contributed by atoms with E-state index in [4.69, 9.17) is 4.74 Å².